The molecule has 0 radical (unpaired) electrons. The summed E-state index contributed by atoms with van der Waals surface area (Å²) in [5.74, 6) is -0.199. The molecule has 2 aliphatic rings. The number of aliphatic imine (C=N–C) groups is 1. The predicted octanol–water partition coefficient (Wildman–Crippen LogP) is 5.63. The van der Waals surface area contributed by atoms with E-state index < -0.39 is 5.25 Å². The third-order valence-corrected chi connectivity index (χ3v) is 7.53. The van der Waals surface area contributed by atoms with E-state index in [2.05, 4.69) is 10.3 Å². The van der Waals surface area contributed by atoms with Crippen LogP contribution in [0.25, 0.3) is 0 Å². The van der Waals surface area contributed by atoms with Crippen molar-refractivity contribution in [1.29, 1.82) is 0 Å². The molecule has 2 atom stereocenters. The molecule has 0 fully saturated rings. The molecule has 38 heavy (non-hydrogen) atoms. The van der Waals surface area contributed by atoms with Gasteiger partial charge >= 0.3 is 0 Å². The van der Waals surface area contributed by atoms with Crippen molar-refractivity contribution >= 4 is 40.1 Å². The number of hydrogen-bond acceptors (Lipinski definition) is 6. The van der Waals surface area contributed by atoms with Gasteiger partial charge in [0.05, 0.1) is 18.9 Å². The fourth-order valence-corrected chi connectivity index (χ4v) is 5.68. The lowest BCUT2D eigenvalue weighted by Crippen LogP contribution is -2.25. The number of nitrogens with one attached hydrogen (secondary N) is 1. The van der Waals surface area contributed by atoms with E-state index in [0.29, 0.717) is 17.3 Å². The van der Waals surface area contributed by atoms with Crippen LogP contribution < -0.4 is 10.1 Å². The molecule has 0 unspecified atom stereocenters. The summed E-state index contributed by atoms with van der Waals surface area (Å²) in [6.07, 6.45) is 0.544. The molecular formula is C29H27FN4O3S. The van der Waals surface area contributed by atoms with Gasteiger partial charge in [-0.05, 0) is 72.5 Å². The van der Waals surface area contributed by atoms with Crippen LogP contribution >= 0.6 is 11.8 Å². The largest absolute Gasteiger partial charge is 0.497 e. The van der Waals surface area contributed by atoms with Gasteiger partial charge in [0.15, 0.2) is 5.17 Å². The first-order valence-corrected chi connectivity index (χ1v) is 13.1. The van der Waals surface area contributed by atoms with E-state index in [9.17, 15) is 14.0 Å². The Morgan fingerprint density at radius 2 is 1.76 bits per heavy atom. The Bertz CT molecular complexity index is 1420. The Kier molecular flexibility index (Phi) is 7.28. The molecule has 5 rings (SSSR count). The maximum absolute atomic E-state index is 13.5. The normalized spacial score (nSPS) is 18.8. The number of benzene rings is 3. The fourth-order valence-electron chi connectivity index (χ4n) is 4.62. The molecule has 2 aliphatic heterocycles. The summed E-state index contributed by atoms with van der Waals surface area (Å²) in [7, 11) is 1.61. The Morgan fingerprint density at radius 3 is 2.42 bits per heavy atom. The third-order valence-electron chi connectivity index (χ3n) is 6.39. The Balaban J connectivity index is 1.35. The second kappa shape index (κ2) is 10.8. The summed E-state index contributed by atoms with van der Waals surface area (Å²) < 4.78 is 18.8. The van der Waals surface area contributed by atoms with E-state index in [-0.39, 0.29) is 30.1 Å². The highest BCUT2D eigenvalue weighted by molar-refractivity contribution is 8.15. The van der Waals surface area contributed by atoms with Crippen LogP contribution in [0.2, 0.25) is 0 Å². The molecular weight excluding hydrogens is 503 g/mol. The zero-order chi connectivity index (χ0) is 26.8. The topological polar surface area (TPSA) is 83.4 Å². The second-order valence-corrected chi connectivity index (χ2v) is 10.5. The number of hydrazone groups is 1. The number of rotatable bonds is 6. The molecule has 194 valence electrons. The number of aryl methyl sites for hydroxylation is 2. The summed E-state index contributed by atoms with van der Waals surface area (Å²) >= 11 is 1.24. The molecule has 3 aromatic carbocycles. The molecule has 0 bridgehead atoms. The molecule has 3 aromatic rings. The number of halogens is 1. The lowest BCUT2D eigenvalue weighted by molar-refractivity contribution is -0.121. The summed E-state index contributed by atoms with van der Waals surface area (Å²) in [4.78, 5) is 29.9. The number of methoxy groups -OCH3 is 1. The van der Waals surface area contributed by atoms with Crippen molar-refractivity contribution in [3.8, 4) is 5.75 Å². The number of amidine groups is 1. The van der Waals surface area contributed by atoms with Crippen molar-refractivity contribution in [3.05, 3.63) is 94.8 Å². The number of ether oxygens (including phenoxy) is 1. The van der Waals surface area contributed by atoms with E-state index in [1.807, 2.05) is 56.3 Å². The van der Waals surface area contributed by atoms with Gasteiger partial charge in [0, 0.05) is 18.5 Å². The molecule has 1 N–H and O–H groups in total. The molecule has 0 saturated carbocycles. The number of thioether (sulfide) groups is 1. The Morgan fingerprint density at radius 1 is 1.08 bits per heavy atom. The van der Waals surface area contributed by atoms with Crippen molar-refractivity contribution in [2.45, 2.75) is 38.0 Å². The number of anilines is 1. The van der Waals surface area contributed by atoms with Crippen LogP contribution in [0.1, 0.15) is 41.1 Å². The molecule has 9 heteroatoms. The van der Waals surface area contributed by atoms with Crippen LogP contribution in [0.4, 0.5) is 10.1 Å². The molecule has 2 amide bonds. The predicted molar refractivity (Wildman–Crippen MR) is 148 cm³/mol. The van der Waals surface area contributed by atoms with Gasteiger partial charge in [-0.25, -0.2) is 9.40 Å². The highest BCUT2D eigenvalue weighted by Crippen LogP contribution is 2.39. The molecule has 0 aromatic heterocycles. The van der Waals surface area contributed by atoms with Gasteiger partial charge in [0.25, 0.3) is 5.91 Å². The van der Waals surface area contributed by atoms with Gasteiger partial charge in [-0.2, -0.15) is 10.1 Å². The first kappa shape index (κ1) is 25.7. The van der Waals surface area contributed by atoms with Crippen LogP contribution in [0.5, 0.6) is 5.75 Å². The minimum atomic E-state index is -0.641. The van der Waals surface area contributed by atoms with Gasteiger partial charge in [0.2, 0.25) is 5.91 Å². The SMILES string of the molecule is COc1ccc([C@@H]2CC(c3ccc(F)cc3)=NN2C2=NC(=O)[C@H](CC(=O)Nc3cc(C)cc(C)c3)S2)cc1. The molecule has 2 heterocycles. The first-order chi connectivity index (χ1) is 18.3. The number of carbonyl (C=O) groups is 2. The van der Waals surface area contributed by atoms with Crippen molar-refractivity contribution in [2.75, 3.05) is 12.4 Å². The van der Waals surface area contributed by atoms with Gasteiger partial charge < -0.3 is 10.1 Å². The maximum atomic E-state index is 13.5. The zero-order valence-electron chi connectivity index (χ0n) is 21.3. The van der Waals surface area contributed by atoms with Crippen LogP contribution in [0, 0.1) is 19.7 Å². The number of carbonyl (C=O) groups excluding carboxylic acids is 2. The smallest absolute Gasteiger partial charge is 0.262 e. The minimum Gasteiger partial charge on any atom is -0.497 e. The van der Waals surface area contributed by atoms with Gasteiger partial charge in [-0.3, -0.25) is 9.59 Å². The van der Waals surface area contributed by atoms with E-state index >= 15 is 0 Å². The summed E-state index contributed by atoms with van der Waals surface area (Å²) in [6.45, 7) is 3.93. The monoisotopic (exact) mass is 530 g/mol. The maximum Gasteiger partial charge on any atom is 0.262 e. The van der Waals surface area contributed by atoms with Gasteiger partial charge in [0.1, 0.15) is 16.8 Å². The van der Waals surface area contributed by atoms with E-state index in [0.717, 1.165) is 33.7 Å². The van der Waals surface area contributed by atoms with Crippen molar-refractivity contribution < 1.29 is 18.7 Å². The number of nitrogens with zero attached hydrogens (tertiary/aromatic N) is 3. The van der Waals surface area contributed by atoms with Crippen LogP contribution in [-0.2, 0) is 9.59 Å². The number of hydrogen-bond donors (Lipinski definition) is 1. The van der Waals surface area contributed by atoms with E-state index in [4.69, 9.17) is 9.84 Å². The Labute approximate surface area is 224 Å². The molecule has 0 aliphatic carbocycles. The van der Waals surface area contributed by atoms with Crippen LogP contribution in [-0.4, -0.2) is 40.1 Å². The quantitative estimate of drug-likeness (QED) is 0.447. The lowest BCUT2D eigenvalue weighted by atomic mass is 9.98. The molecule has 7 nitrogen and oxygen atoms in total. The van der Waals surface area contributed by atoms with E-state index in [1.165, 1.54) is 23.9 Å². The summed E-state index contributed by atoms with van der Waals surface area (Å²) in [5.41, 5.74) is 5.33. The van der Waals surface area contributed by atoms with E-state index in [1.54, 1.807) is 24.3 Å². The van der Waals surface area contributed by atoms with Gasteiger partial charge in [-0.15, -0.1) is 0 Å². The highest BCUT2D eigenvalue weighted by atomic mass is 32.2. The second-order valence-electron chi connectivity index (χ2n) is 9.36. The van der Waals surface area contributed by atoms with Crippen molar-refractivity contribution in [2.24, 2.45) is 10.1 Å². The minimum absolute atomic E-state index is 0.000927. The molecule has 0 spiro atoms. The zero-order valence-corrected chi connectivity index (χ0v) is 22.1. The first-order valence-electron chi connectivity index (χ1n) is 12.2. The van der Waals surface area contributed by atoms with Crippen LogP contribution in [0.3, 0.4) is 0 Å². The summed E-state index contributed by atoms with van der Waals surface area (Å²) in [6, 6.07) is 19.4. The summed E-state index contributed by atoms with van der Waals surface area (Å²) in [5, 5.41) is 9.23. The third kappa shape index (κ3) is 5.62. The van der Waals surface area contributed by atoms with Crippen molar-refractivity contribution in [1.82, 2.24) is 5.01 Å². The lowest BCUT2D eigenvalue weighted by Gasteiger charge is -2.23. The van der Waals surface area contributed by atoms with Gasteiger partial charge in [-0.1, -0.05) is 42.1 Å². The number of amides is 2. The highest BCUT2D eigenvalue weighted by Gasteiger charge is 2.39. The Hall–Kier alpha value is -3.98. The average Bonchev–Trinajstić information content (AvgIpc) is 3.48. The van der Waals surface area contributed by atoms with Crippen LogP contribution in [0.15, 0.2) is 76.8 Å². The molecule has 0 saturated heterocycles. The van der Waals surface area contributed by atoms with Crippen molar-refractivity contribution in [3.63, 3.8) is 0 Å². The fraction of sp³-hybridized carbons (Fsp3) is 0.241. The standard InChI is InChI=1S/C29H27FN4O3S/c1-17-12-18(2)14-22(13-17)31-27(35)16-26-28(36)32-29(38-26)34-25(20-6-10-23(37-3)11-7-20)15-24(33-34)19-4-8-21(30)9-5-19/h4-14,25-26H,15-16H2,1-3H3,(H,31,35)/t25-,26-/m0/s1. The average molecular weight is 531 g/mol.